The van der Waals surface area contributed by atoms with E-state index >= 15 is 0 Å². The molecule has 11 heteroatoms. The Morgan fingerprint density at radius 1 is 1.21 bits per heavy atom. The number of nitrogens with one attached hydrogen (secondary N) is 3. The van der Waals surface area contributed by atoms with Crippen molar-refractivity contribution in [2.24, 2.45) is 0 Å². The third kappa shape index (κ3) is 7.29. The first kappa shape index (κ1) is 23.6. The Morgan fingerprint density at radius 2 is 1.89 bits per heavy atom. The molecule has 28 heavy (non-hydrogen) atoms. The molecule has 1 fully saturated rings. The van der Waals surface area contributed by atoms with Crippen LogP contribution in [0.25, 0.3) is 0 Å². The third-order valence-electron chi connectivity index (χ3n) is 4.03. The summed E-state index contributed by atoms with van der Waals surface area (Å²) in [6.07, 6.45) is 2.13. The van der Waals surface area contributed by atoms with Gasteiger partial charge in [0.1, 0.15) is 6.04 Å². The van der Waals surface area contributed by atoms with Gasteiger partial charge in [0.05, 0.1) is 11.7 Å². The molecular weight excluding hydrogens is 388 g/mol. The molecule has 0 aliphatic carbocycles. The molecule has 1 saturated heterocycles. The van der Waals surface area contributed by atoms with Gasteiger partial charge in [-0.1, -0.05) is 6.92 Å². The Hall–Kier alpha value is -2.43. The number of thioether (sulfide) groups is 1. The predicted octanol–water partition coefficient (Wildman–Crippen LogP) is -1.07. The van der Waals surface area contributed by atoms with Crippen molar-refractivity contribution < 1.29 is 28.8 Å². The zero-order chi connectivity index (χ0) is 21.3. The summed E-state index contributed by atoms with van der Waals surface area (Å²) in [6.45, 7) is 3.15. The SMILES string of the molecule is CCC(=O)NC(CC(=O)NCCCN1C(=O)CC(SC)C1=O)C(=O)NC(C)=O. The summed E-state index contributed by atoms with van der Waals surface area (Å²) in [7, 11) is 0. The van der Waals surface area contributed by atoms with Gasteiger partial charge in [-0.05, 0) is 12.7 Å². The molecule has 2 atom stereocenters. The van der Waals surface area contributed by atoms with Crippen LogP contribution in [0.4, 0.5) is 0 Å². The molecule has 1 heterocycles. The van der Waals surface area contributed by atoms with E-state index in [1.807, 2.05) is 5.32 Å². The number of nitrogens with zero attached hydrogens (tertiary/aromatic N) is 1. The third-order valence-corrected chi connectivity index (χ3v) is 4.97. The van der Waals surface area contributed by atoms with Gasteiger partial charge in [-0.3, -0.25) is 39.0 Å². The van der Waals surface area contributed by atoms with Crippen LogP contribution in [-0.4, -0.2) is 71.0 Å². The molecular formula is C17H26N4O6S. The molecule has 0 aromatic carbocycles. The highest BCUT2D eigenvalue weighted by Crippen LogP contribution is 2.22. The van der Waals surface area contributed by atoms with Crippen molar-refractivity contribution >= 4 is 47.2 Å². The van der Waals surface area contributed by atoms with Gasteiger partial charge in [0.2, 0.25) is 35.4 Å². The van der Waals surface area contributed by atoms with Crippen LogP contribution in [0.5, 0.6) is 0 Å². The van der Waals surface area contributed by atoms with E-state index in [1.54, 1.807) is 13.2 Å². The van der Waals surface area contributed by atoms with Crippen LogP contribution in [0.1, 0.15) is 39.5 Å². The summed E-state index contributed by atoms with van der Waals surface area (Å²) < 4.78 is 0. The fourth-order valence-electron chi connectivity index (χ4n) is 2.56. The van der Waals surface area contributed by atoms with Crippen LogP contribution in [0.3, 0.4) is 0 Å². The second kappa shape index (κ2) is 11.4. The maximum absolute atomic E-state index is 12.1. The maximum atomic E-state index is 12.1. The van der Waals surface area contributed by atoms with Crippen LogP contribution in [0.2, 0.25) is 0 Å². The van der Waals surface area contributed by atoms with E-state index in [1.165, 1.54) is 16.7 Å². The van der Waals surface area contributed by atoms with Gasteiger partial charge in [-0.25, -0.2) is 0 Å². The second-order valence-corrected chi connectivity index (χ2v) is 7.28. The number of amides is 6. The molecule has 0 radical (unpaired) electrons. The van der Waals surface area contributed by atoms with E-state index in [-0.39, 0.29) is 49.4 Å². The Kier molecular flexibility index (Phi) is 9.63. The van der Waals surface area contributed by atoms with Crippen LogP contribution in [0.15, 0.2) is 0 Å². The first-order valence-corrected chi connectivity index (χ1v) is 10.2. The molecule has 0 spiro atoms. The average Bonchev–Trinajstić information content (AvgIpc) is 2.90. The van der Waals surface area contributed by atoms with Crippen molar-refractivity contribution in [3.8, 4) is 0 Å². The summed E-state index contributed by atoms with van der Waals surface area (Å²) in [5.74, 6) is -2.72. The number of likely N-dealkylation sites (tertiary alicyclic amines) is 1. The lowest BCUT2D eigenvalue weighted by Crippen LogP contribution is -2.50. The number of rotatable bonds is 10. The quantitative estimate of drug-likeness (QED) is 0.305. The minimum atomic E-state index is -1.17. The van der Waals surface area contributed by atoms with E-state index in [0.29, 0.717) is 6.42 Å². The Labute approximate surface area is 167 Å². The summed E-state index contributed by atoms with van der Waals surface area (Å²) in [6, 6.07) is -1.17. The molecule has 2 unspecified atom stereocenters. The molecule has 0 aromatic rings. The highest BCUT2D eigenvalue weighted by atomic mass is 32.2. The monoisotopic (exact) mass is 414 g/mol. The molecule has 156 valence electrons. The topological polar surface area (TPSA) is 142 Å². The van der Waals surface area contributed by atoms with E-state index in [2.05, 4.69) is 10.6 Å². The van der Waals surface area contributed by atoms with Gasteiger partial charge in [0, 0.05) is 32.9 Å². The minimum absolute atomic E-state index is 0.125. The number of hydrogen-bond acceptors (Lipinski definition) is 7. The molecule has 10 nitrogen and oxygen atoms in total. The fraction of sp³-hybridized carbons (Fsp3) is 0.647. The number of imide groups is 2. The van der Waals surface area contributed by atoms with Crippen LogP contribution >= 0.6 is 11.8 Å². The minimum Gasteiger partial charge on any atom is -0.356 e. The molecule has 1 aliphatic heterocycles. The molecule has 1 rings (SSSR count). The van der Waals surface area contributed by atoms with Crippen molar-refractivity contribution in [2.45, 2.75) is 50.8 Å². The van der Waals surface area contributed by atoms with Crippen LogP contribution < -0.4 is 16.0 Å². The van der Waals surface area contributed by atoms with Crippen LogP contribution in [-0.2, 0) is 28.8 Å². The molecule has 0 saturated carbocycles. The van der Waals surface area contributed by atoms with E-state index in [9.17, 15) is 28.8 Å². The number of carbonyl (C=O) groups is 6. The highest BCUT2D eigenvalue weighted by molar-refractivity contribution is 8.00. The Bertz CT molecular complexity index is 654. The van der Waals surface area contributed by atoms with Gasteiger partial charge >= 0.3 is 0 Å². The van der Waals surface area contributed by atoms with Crippen LogP contribution in [0, 0.1) is 0 Å². The molecule has 0 aromatic heterocycles. The standard InChI is InChI=1S/C17H26N4O6S/c1-4-13(23)20-11(16(26)19-10(2)22)8-14(24)18-6-5-7-21-15(25)9-12(28-3)17(21)27/h11-12H,4-9H2,1-3H3,(H,18,24)(H,20,23)(H,19,22,26). The smallest absolute Gasteiger partial charge is 0.249 e. The second-order valence-electron chi connectivity index (χ2n) is 6.24. The zero-order valence-electron chi connectivity index (χ0n) is 16.2. The first-order chi connectivity index (χ1) is 13.2. The number of hydrogen-bond donors (Lipinski definition) is 3. The Balaban J connectivity index is 2.46. The lowest BCUT2D eigenvalue weighted by atomic mass is 10.1. The van der Waals surface area contributed by atoms with E-state index in [4.69, 9.17) is 0 Å². The van der Waals surface area contributed by atoms with Gasteiger partial charge < -0.3 is 10.6 Å². The van der Waals surface area contributed by atoms with Gasteiger partial charge in [-0.2, -0.15) is 11.8 Å². The van der Waals surface area contributed by atoms with Crippen molar-refractivity contribution in [1.82, 2.24) is 20.9 Å². The average molecular weight is 414 g/mol. The largest absolute Gasteiger partial charge is 0.356 e. The molecule has 3 N–H and O–H groups in total. The van der Waals surface area contributed by atoms with Crippen molar-refractivity contribution in [2.75, 3.05) is 19.3 Å². The fourth-order valence-corrected chi connectivity index (χ4v) is 3.20. The summed E-state index contributed by atoms with van der Waals surface area (Å²) >= 11 is 1.33. The summed E-state index contributed by atoms with van der Waals surface area (Å²) in [4.78, 5) is 71.6. The Morgan fingerprint density at radius 3 is 2.43 bits per heavy atom. The highest BCUT2D eigenvalue weighted by Gasteiger charge is 2.37. The van der Waals surface area contributed by atoms with Crippen molar-refractivity contribution in [3.05, 3.63) is 0 Å². The lowest BCUT2D eigenvalue weighted by Gasteiger charge is -2.17. The predicted molar refractivity (Wildman–Crippen MR) is 102 cm³/mol. The summed E-state index contributed by atoms with van der Waals surface area (Å²) in [5, 5.41) is 6.68. The van der Waals surface area contributed by atoms with E-state index in [0.717, 1.165) is 6.92 Å². The van der Waals surface area contributed by atoms with Gasteiger partial charge in [0.15, 0.2) is 0 Å². The first-order valence-electron chi connectivity index (χ1n) is 8.94. The maximum Gasteiger partial charge on any atom is 0.249 e. The van der Waals surface area contributed by atoms with Gasteiger partial charge in [0.25, 0.3) is 0 Å². The van der Waals surface area contributed by atoms with E-state index < -0.39 is 29.7 Å². The number of carbonyl (C=O) groups excluding carboxylic acids is 6. The normalized spacial score (nSPS) is 17.2. The van der Waals surface area contributed by atoms with Gasteiger partial charge in [-0.15, -0.1) is 0 Å². The summed E-state index contributed by atoms with van der Waals surface area (Å²) in [5.41, 5.74) is 0. The zero-order valence-corrected chi connectivity index (χ0v) is 17.0. The van der Waals surface area contributed by atoms with Crippen molar-refractivity contribution in [3.63, 3.8) is 0 Å². The molecule has 6 amide bonds. The lowest BCUT2D eigenvalue weighted by molar-refractivity contribution is -0.138. The molecule has 0 bridgehead atoms. The van der Waals surface area contributed by atoms with Crippen molar-refractivity contribution in [1.29, 1.82) is 0 Å². The molecule has 1 aliphatic rings.